The summed E-state index contributed by atoms with van der Waals surface area (Å²) in [7, 11) is 0. The lowest BCUT2D eigenvalue weighted by Gasteiger charge is -2.04. The van der Waals surface area contributed by atoms with Crippen molar-refractivity contribution in [2.75, 3.05) is 5.32 Å². The summed E-state index contributed by atoms with van der Waals surface area (Å²) in [6.07, 6.45) is 2.36. The van der Waals surface area contributed by atoms with Gasteiger partial charge >= 0.3 is 0 Å². The van der Waals surface area contributed by atoms with Crippen LogP contribution in [0.3, 0.4) is 0 Å². The van der Waals surface area contributed by atoms with Crippen molar-refractivity contribution < 1.29 is 14.6 Å². The number of anilines is 1. The number of rotatable bonds is 5. The number of benzene rings is 2. The zero-order valence-electron chi connectivity index (χ0n) is 12.0. The van der Waals surface area contributed by atoms with Crippen molar-refractivity contribution in [2.45, 2.75) is 0 Å². The molecule has 0 aromatic heterocycles. The molecule has 0 aliphatic heterocycles. The molecular formula is C15H10ClN3O5. The van der Waals surface area contributed by atoms with E-state index >= 15 is 0 Å². The predicted molar refractivity (Wildman–Crippen MR) is 88.9 cm³/mol. The average molecular weight is 348 g/mol. The van der Waals surface area contributed by atoms with Crippen LogP contribution in [0.15, 0.2) is 48.5 Å². The molecule has 0 fully saturated rings. The lowest BCUT2D eigenvalue weighted by molar-refractivity contribution is -0.385. The van der Waals surface area contributed by atoms with E-state index < -0.39 is 15.8 Å². The minimum Gasteiger partial charge on any atom is -0.321 e. The van der Waals surface area contributed by atoms with Crippen molar-refractivity contribution in [1.29, 1.82) is 0 Å². The third-order valence-corrected chi connectivity index (χ3v) is 3.30. The van der Waals surface area contributed by atoms with E-state index in [1.54, 1.807) is 6.07 Å². The first kappa shape index (κ1) is 17.1. The highest BCUT2D eigenvalue weighted by Gasteiger charge is 2.12. The van der Waals surface area contributed by atoms with Gasteiger partial charge in [0.1, 0.15) is 0 Å². The zero-order valence-corrected chi connectivity index (χ0v) is 12.8. The van der Waals surface area contributed by atoms with E-state index in [-0.39, 0.29) is 27.6 Å². The normalized spacial score (nSPS) is 10.5. The minimum atomic E-state index is -0.629. The van der Waals surface area contributed by atoms with Crippen LogP contribution in [-0.2, 0) is 4.79 Å². The summed E-state index contributed by atoms with van der Waals surface area (Å²) in [6.45, 7) is 0. The third kappa shape index (κ3) is 4.14. The summed E-state index contributed by atoms with van der Waals surface area (Å²) < 4.78 is 0. The van der Waals surface area contributed by atoms with Crippen molar-refractivity contribution in [3.8, 4) is 0 Å². The fourth-order valence-corrected chi connectivity index (χ4v) is 2.02. The van der Waals surface area contributed by atoms with Crippen LogP contribution in [0.5, 0.6) is 0 Å². The van der Waals surface area contributed by atoms with Gasteiger partial charge in [0, 0.05) is 24.3 Å². The van der Waals surface area contributed by atoms with Crippen LogP contribution in [0, 0.1) is 20.2 Å². The Kier molecular flexibility index (Phi) is 5.23. The second-order valence-electron chi connectivity index (χ2n) is 4.56. The second kappa shape index (κ2) is 7.34. The number of nitrogens with one attached hydrogen (secondary N) is 1. The first-order valence-corrected chi connectivity index (χ1v) is 6.92. The number of non-ortho nitro benzene ring substituents is 1. The van der Waals surface area contributed by atoms with Gasteiger partial charge in [-0.2, -0.15) is 0 Å². The zero-order chi connectivity index (χ0) is 17.7. The topological polar surface area (TPSA) is 115 Å². The molecule has 9 heteroatoms. The lowest BCUT2D eigenvalue weighted by atomic mass is 10.1. The number of hydrogen-bond donors (Lipinski definition) is 1. The van der Waals surface area contributed by atoms with Crippen LogP contribution < -0.4 is 5.32 Å². The SMILES string of the molecule is O=C(/C=C/c1ccccc1[N+](=O)[O-])Nc1cc([N+](=O)[O-])ccc1Cl. The van der Waals surface area contributed by atoms with Crippen LogP contribution in [0.4, 0.5) is 17.1 Å². The molecule has 0 unspecified atom stereocenters. The Morgan fingerprint density at radius 1 is 1.08 bits per heavy atom. The Labute approximate surface area is 140 Å². The first-order chi connectivity index (χ1) is 11.4. The molecule has 0 bridgehead atoms. The molecule has 122 valence electrons. The fourth-order valence-electron chi connectivity index (χ4n) is 1.86. The van der Waals surface area contributed by atoms with Gasteiger partial charge in [0.05, 0.1) is 26.1 Å². The maximum atomic E-state index is 11.9. The first-order valence-electron chi connectivity index (χ1n) is 6.55. The quantitative estimate of drug-likeness (QED) is 0.501. The molecule has 0 saturated heterocycles. The fraction of sp³-hybridized carbons (Fsp3) is 0. The van der Waals surface area contributed by atoms with Crippen LogP contribution in [-0.4, -0.2) is 15.8 Å². The van der Waals surface area contributed by atoms with Crippen molar-refractivity contribution in [3.63, 3.8) is 0 Å². The molecule has 0 radical (unpaired) electrons. The van der Waals surface area contributed by atoms with E-state index in [0.717, 1.165) is 12.1 Å². The number of nitro groups is 2. The number of halogens is 1. The summed E-state index contributed by atoms with van der Waals surface area (Å²) >= 11 is 5.88. The van der Waals surface area contributed by atoms with Gasteiger partial charge in [-0.05, 0) is 18.2 Å². The summed E-state index contributed by atoms with van der Waals surface area (Å²) in [5.41, 5.74) is -0.0434. The second-order valence-corrected chi connectivity index (χ2v) is 4.97. The molecule has 0 spiro atoms. The van der Waals surface area contributed by atoms with Crippen LogP contribution in [0.25, 0.3) is 6.08 Å². The van der Waals surface area contributed by atoms with Gasteiger partial charge in [0.15, 0.2) is 0 Å². The maximum Gasteiger partial charge on any atom is 0.276 e. The maximum absolute atomic E-state index is 11.9. The van der Waals surface area contributed by atoms with Crippen LogP contribution in [0.1, 0.15) is 5.56 Å². The Morgan fingerprint density at radius 3 is 2.46 bits per heavy atom. The molecule has 0 saturated carbocycles. The monoisotopic (exact) mass is 347 g/mol. The van der Waals surface area contributed by atoms with E-state index in [1.807, 2.05) is 0 Å². The molecule has 0 aliphatic rings. The number of amides is 1. The molecular weight excluding hydrogens is 338 g/mol. The molecule has 24 heavy (non-hydrogen) atoms. The molecule has 1 N–H and O–H groups in total. The van der Waals surface area contributed by atoms with Crippen molar-refractivity contribution in [2.24, 2.45) is 0 Å². The highest BCUT2D eigenvalue weighted by Crippen LogP contribution is 2.26. The van der Waals surface area contributed by atoms with E-state index in [2.05, 4.69) is 5.32 Å². The summed E-state index contributed by atoms with van der Waals surface area (Å²) in [5.74, 6) is -0.629. The van der Waals surface area contributed by atoms with E-state index in [4.69, 9.17) is 11.6 Å². The minimum absolute atomic E-state index is 0.0723. The van der Waals surface area contributed by atoms with Gasteiger partial charge in [0.25, 0.3) is 11.4 Å². The Morgan fingerprint density at radius 2 is 1.79 bits per heavy atom. The summed E-state index contributed by atoms with van der Waals surface area (Å²) in [4.78, 5) is 32.4. The summed E-state index contributed by atoms with van der Waals surface area (Å²) in [6, 6.07) is 9.54. The molecule has 0 heterocycles. The highest BCUT2D eigenvalue weighted by atomic mass is 35.5. The van der Waals surface area contributed by atoms with E-state index in [9.17, 15) is 25.0 Å². The number of hydrogen-bond acceptors (Lipinski definition) is 5. The number of nitro benzene ring substituents is 2. The number of nitrogens with zero attached hydrogens (tertiary/aromatic N) is 2. The van der Waals surface area contributed by atoms with Crippen LogP contribution in [0.2, 0.25) is 5.02 Å². The molecule has 2 aromatic rings. The van der Waals surface area contributed by atoms with Crippen molar-refractivity contribution in [1.82, 2.24) is 0 Å². The largest absolute Gasteiger partial charge is 0.321 e. The Bertz CT molecular complexity index is 851. The molecule has 8 nitrogen and oxygen atoms in total. The van der Waals surface area contributed by atoms with Gasteiger partial charge in [-0.3, -0.25) is 25.0 Å². The third-order valence-electron chi connectivity index (χ3n) is 2.97. The van der Waals surface area contributed by atoms with Crippen molar-refractivity contribution in [3.05, 3.63) is 79.4 Å². The molecule has 0 atom stereocenters. The predicted octanol–water partition coefficient (Wildman–Crippen LogP) is 3.81. The van der Waals surface area contributed by atoms with E-state index in [0.29, 0.717) is 0 Å². The molecule has 0 aliphatic carbocycles. The van der Waals surface area contributed by atoms with E-state index in [1.165, 1.54) is 36.4 Å². The van der Waals surface area contributed by atoms with Gasteiger partial charge in [0.2, 0.25) is 5.91 Å². The Balaban J connectivity index is 2.19. The standard InChI is InChI=1S/C15H10ClN3O5/c16-12-7-6-11(18(21)22)9-13(12)17-15(20)8-5-10-3-1-2-4-14(10)19(23)24/h1-9H,(H,17,20)/b8-5+. The smallest absolute Gasteiger partial charge is 0.276 e. The lowest BCUT2D eigenvalue weighted by Crippen LogP contribution is -2.08. The van der Waals surface area contributed by atoms with Gasteiger partial charge in [-0.25, -0.2) is 0 Å². The molecule has 2 rings (SSSR count). The summed E-state index contributed by atoms with van der Waals surface area (Å²) in [5, 5.41) is 24.2. The number of carbonyl (C=O) groups excluding carboxylic acids is 1. The molecule has 1 amide bonds. The van der Waals surface area contributed by atoms with Gasteiger partial charge in [-0.15, -0.1) is 0 Å². The number of para-hydroxylation sites is 1. The van der Waals surface area contributed by atoms with Gasteiger partial charge in [-0.1, -0.05) is 23.7 Å². The van der Waals surface area contributed by atoms with Gasteiger partial charge < -0.3 is 5.32 Å². The molecule has 2 aromatic carbocycles. The van der Waals surface area contributed by atoms with Crippen molar-refractivity contribution >= 4 is 40.6 Å². The Hall–Kier alpha value is -3.26. The van der Waals surface area contributed by atoms with Crippen LogP contribution >= 0.6 is 11.6 Å². The highest BCUT2D eigenvalue weighted by molar-refractivity contribution is 6.34. The average Bonchev–Trinajstić information content (AvgIpc) is 2.55. The number of carbonyl (C=O) groups is 1.